The van der Waals surface area contributed by atoms with Gasteiger partial charge in [0, 0.05) is 60.2 Å². The van der Waals surface area contributed by atoms with E-state index in [1.54, 1.807) is 7.11 Å². The normalized spacial score (nSPS) is 14.8. The third-order valence-corrected chi connectivity index (χ3v) is 4.96. The van der Waals surface area contributed by atoms with Crippen LogP contribution in [-0.4, -0.2) is 38.3 Å². The third kappa shape index (κ3) is 3.22. The number of piperazine rings is 1. The van der Waals surface area contributed by atoms with Crippen LogP contribution >= 0.6 is 11.6 Å². The lowest BCUT2D eigenvalue weighted by Crippen LogP contribution is -2.46. The summed E-state index contributed by atoms with van der Waals surface area (Å²) in [5.74, 6) is 0.900. The monoisotopic (exact) mass is 353 g/mol. The Morgan fingerprint density at radius 3 is 2.56 bits per heavy atom. The minimum atomic E-state index is 0.722. The zero-order valence-corrected chi connectivity index (χ0v) is 14.9. The number of halogens is 1. The van der Waals surface area contributed by atoms with Crippen LogP contribution in [0.2, 0.25) is 5.02 Å². The van der Waals surface area contributed by atoms with Crippen LogP contribution in [0.3, 0.4) is 0 Å². The van der Waals surface area contributed by atoms with Crippen molar-refractivity contribution in [1.82, 2.24) is 4.98 Å². The highest BCUT2D eigenvalue weighted by molar-refractivity contribution is 6.31. The second-order valence-electron chi connectivity index (χ2n) is 6.17. The first kappa shape index (κ1) is 16.0. The van der Waals surface area contributed by atoms with Crippen LogP contribution in [0.25, 0.3) is 10.9 Å². The van der Waals surface area contributed by atoms with E-state index in [4.69, 9.17) is 16.3 Å². The first-order valence-electron chi connectivity index (χ1n) is 8.43. The van der Waals surface area contributed by atoms with E-state index in [0.717, 1.165) is 47.9 Å². The zero-order chi connectivity index (χ0) is 17.2. The second kappa shape index (κ2) is 6.81. The van der Waals surface area contributed by atoms with E-state index in [1.165, 1.54) is 11.4 Å². The van der Waals surface area contributed by atoms with E-state index < -0.39 is 0 Å². The summed E-state index contributed by atoms with van der Waals surface area (Å²) in [6.45, 7) is 3.90. The lowest BCUT2D eigenvalue weighted by molar-refractivity contribution is 0.414. The Hall–Kier alpha value is -2.46. The lowest BCUT2D eigenvalue weighted by Gasteiger charge is -2.37. The molecule has 128 valence electrons. The summed E-state index contributed by atoms with van der Waals surface area (Å²) >= 11 is 6.10. The number of anilines is 2. The summed E-state index contributed by atoms with van der Waals surface area (Å²) in [5.41, 5.74) is 3.39. The van der Waals surface area contributed by atoms with Crippen LogP contribution < -0.4 is 14.5 Å². The molecule has 0 amide bonds. The number of rotatable bonds is 3. The standard InChI is InChI=1S/C20H20ClN3O/c1-25-17-4-2-3-16(14-17)23-9-11-24(12-10-23)20-7-8-22-19-13-15(21)5-6-18(19)20/h2-8,13-14H,9-12H2,1H3. The number of benzene rings is 2. The topological polar surface area (TPSA) is 28.6 Å². The Labute approximate surface area is 152 Å². The molecule has 1 aliphatic heterocycles. The van der Waals surface area contributed by atoms with Gasteiger partial charge in [-0.1, -0.05) is 17.7 Å². The number of hydrogen-bond donors (Lipinski definition) is 0. The fraction of sp³-hybridized carbons (Fsp3) is 0.250. The van der Waals surface area contributed by atoms with Crippen LogP contribution in [0.1, 0.15) is 0 Å². The van der Waals surface area contributed by atoms with Gasteiger partial charge in [0.15, 0.2) is 0 Å². The number of methoxy groups -OCH3 is 1. The molecule has 2 heterocycles. The molecule has 0 unspecified atom stereocenters. The van der Waals surface area contributed by atoms with Crippen molar-refractivity contribution in [2.75, 3.05) is 43.1 Å². The van der Waals surface area contributed by atoms with Crippen LogP contribution in [-0.2, 0) is 0 Å². The molecule has 1 fully saturated rings. The van der Waals surface area contributed by atoms with Gasteiger partial charge in [0.2, 0.25) is 0 Å². The molecule has 1 aliphatic rings. The Kier molecular flexibility index (Phi) is 4.36. The maximum absolute atomic E-state index is 6.10. The maximum atomic E-state index is 6.10. The molecule has 25 heavy (non-hydrogen) atoms. The van der Waals surface area contributed by atoms with Gasteiger partial charge in [0.05, 0.1) is 12.6 Å². The van der Waals surface area contributed by atoms with Crippen molar-refractivity contribution < 1.29 is 4.74 Å². The molecule has 0 radical (unpaired) electrons. The van der Waals surface area contributed by atoms with E-state index in [0.29, 0.717) is 0 Å². The predicted octanol–water partition coefficient (Wildman–Crippen LogP) is 4.22. The largest absolute Gasteiger partial charge is 0.497 e. The van der Waals surface area contributed by atoms with Gasteiger partial charge in [-0.2, -0.15) is 0 Å². The van der Waals surface area contributed by atoms with Gasteiger partial charge < -0.3 is 14.5 Å². The average Bonchev–Trinajstić information content (AvgIpc) is 2.67. The molecule has 4 nitrogen and oxygen atoms in total. The quantitative estimate of drug-likeness (QED) is 0.704. The molecule has 2 aromatic carbocycles. The molecule has 3 aromatic rings. The van der Waals surface area contributed by atoms with Crippen molar-refractivity contribution >= 4 is 33.9 Å². The number of ether oxygens (including phenoxy) is 1. The van der Waals surface area contributed by atoms with E-state index in [-0.39, 0.29) is 0 Å². The Bertz CT molecular complexity index is 891. The summed E-state index contributed by atoms with van der Waals surface area (Å²) in [4.78, 5) is 9.27. The zero-order valence-electron chi connectivity index (χ0n) is 14.2. The number of hydrogen-bond acceptors (Lipinski definition) is 4. The minimum absolute atomic E-state index is 0.722. The summed E-state index contributed by atoms with van der Waals surface area (Å²) < 4.78 is 5.34. The fourth-order valence-electron chi connectivity index (χ4n) is 3.39. The molecule has 0 aliphatic carbocycles. The number of pyridine rings is 1. The number of fused-ring (bicyclic) bond motifs is 1. The molecule has 0 spiro atoms. The SMILES string of the molecule is COc1cccc(N2CCN(c3ccnc4cc(Cl)ccc34)CC2)c1. The number of aromatic nitrogens is 1. The highest BCUT2D eigenvalue weighted by atomic mass is 35.5. The smallest absolute Gasteiger partial charge is 0.120 e. The Balaban J connectivity index is 1.54. The first-order valence-corrected chi connectivity index (χ1v) is 8.80. The van der Waals surface area contributed by atoms with Crippen molar-refractivity contribution in [3.05, 3.63) is 59.8 Å². The van der Waals surface area contributed by atoms with Gasteiger partial charge in [-0.15, -0.1) is 0 Å². The first-order chi connectivity index (χ1) is 12.2. The van der Waals surface area contributed by atoms with Crippen LogP contribution in [0.5, 0.6) is 5.75 Å². The van der Waals surface area contributed by atoms with E-state index in [9.17, 15) is 0 Å². The summed E-state index contributed by atoms with van der Waals surface area (Å²) in [7, 11) is 1.71. The Morgan fingerprint density at radius 1 is 0.960 bits per heavy atom. The van der Waals surface area contributed by atoms with Crippen LogP contribution in [0, 0.1) is 0 Å². The Morgan fingerprint density at radius 2 is 1.76 bits per heavy atom. The summed E-state index contributed by atoms with van der Waals surface area (Å²) in [6, 6.07) is 16.3. The molecule has 0 atom stereocenters. The molecule has 1 saturated heterocycles. The van der Waals surface area contributed by atoms with Gasteiger partial charge in [-0.05, 0) is 36.4 Å². The van der Waals surface area contributed by atoms with Gasteiger partial charge >= 0.3 is 0 Å². The van der Waals surface area contributed by atoms with Crippen LogP contribution in [0.4, 0.5) is 11.4 Å². The number of nitrogens with zero attached hydrogens (tertiary/aromatic N) is 3. The molecule has 0 saturated carbocycles. The van der Waals surface area contributed by atoms with Crippen LogP contribution in [0.15, 0.2) is 54.7 Å². The fourth-order valence-corrected chi connectivity index (χ4v) is 3.56. The average molecular weight is 354 g/mol. The van der Waals surface area contributed by atoms with Gasteiger partial charge in [0.25, 0.3) is 0 Å². The molecular formula is C20H20ClN3O. The van der Waals surface area contributed by atoms with Gasteiger partial charge in [-0.3, -0.25) is 4.98 Å². The highest BCUT2D eigenvalue weighted by Gasteiger charge is 2.19. The molecule has 4 rings (SSSR count). The van der Waals surface area contributed by atoms with Crippen molar-refractivity contribution in [3.63, 3.8) is 0 Å². The molecule has 0 N–H and O–H groups in total. The lowest BCUT2D eigenvalue weighted by atomic mass is 10.1. The second-order valence-corrected chi connectivity index (χ2v) is 6.60. The molecule has 1 aromatic heterocycles. The van der Waals surface area contributed by atoms with Crippen molar-refractivity contribution in [2.24, 2.45) is 0 Å². The van der Waals surface area contributed by atoms with E-state index in [1.807, 2.05) is 30.5 Å². The van der Waals surface area contributed by atoms with E-state index >= 15 is 0 Å². The minimum Gasteiger partial charge on any atom is -0.497 e. The van der Waals surface area contributed by atoms with Gasteiger partial charge in [0.1, 0.15) is 5.75 Å². The highest BCUT2D eigenvalue weighted by Crippen LogP contribution is 2.29. The summed E-state index contributed by atoms with van der Waals surface area (Å²) in [6.07, 6.45) is 1.86. The van der Waals surface area contributed by atoms with Gasteiger partial charge in [-0.25, -0.2) is 0 Å². The molecule has 0 bridgehead atoms. The predicted molar refractivity (Wildman–Crippen MR) is 104 cm³/mol. The van der Waals surface area contributed by atoms with E-state index in [2.05, 4.69) is 39.0 Å². The van der Waals surface area contributed by atoms with Crippen molar-refractivity contribution in [3.8, 4) is 5.75 Å². The molecular weight excluding hydrogens is 334 g/mol. The van der Waals surface area contributed by atoms with Crippen molar-refractivity contribution in [1.29, 1.82) is 0 Å². The molecule has 5 heteroatoms. The maximum Gasteiger partial charge on any atom is 0.120 e. The third-order valence-electron chi connectivity index (χ3n) is 4.72. The summed E-state index contributed by atoms with van der Waals surface area (Å²) in [5, 5.41) is 1.88. The van der Waals surface area contributed by atoms with Crippen molar-refractivity contribution in [2.45, 2.75) is 0 Å².